The van der Waals surface area contributed by atoms with E-state index < -0.39 is 4.92 Å². The highest BCUT2D eigenvalue weighted by atomic mass is 32.1. The number of hydrogen-bond donors (Lipinski definition) is 1. The number of methoxy groups -OCH3 is 1. The van der Waals surface area contributed by atoms with Crippen molar-refractivity contribution in [2.75, 3.05) is 7.11 Å². The van der Waals surface area contributed by atoms with E-state index in [0.29, 0.717) is 4.90 Å². The van der Waals surface area contributed by atoms with Crippen molar-refractivity contribution < 1.29 is 9.66 Å². The molecule has 0 fully saturated rings. The third-order valence-electron chi connectivity index (χ3n) is 1.58. The maximum Gasteiger partial charge on any atom is 0.328 e. The van der Waals surface area contributed by atoms with Gasteiger partial charge in [-0.05, 0) is 6.07 Å². The third kappa shape index (κ3) is 1.78. The summed E-state index contributed by atoms with van der Waals surface area (Å²) in [4.78, 5) is 10.4. The van der Waals surface area contributed by atoms with Gasteiger partial charge in [-0.1, -0.05) is 0 Å². The number of rotatable bonds is 2. The van der Waals surface area contributed by atoms with Crippen LogP contribution in [0.5, 0.6) is 5.75 Å². The molecule has 0 atom stereocenters. The van der Waals surface area contributed by atoms with Gasteiger partial charge in [-0.3, -0.25) is 10.1 Å². The molecular weight excluding hydrogens is 204 g/mol. The number of thiol groups is 1. The zero-order valence-corrected chi connectivity index (χ0v) is 8.12. The van der Waals surface area contributed by atoms with Gasteiger partial charge in [-0.2, -0.15) is 5.26 Å². The molecule has 1 rings (SSSR count). The summed E-state index contributed by atoms with van der Waals surface area (Å²) < 4.78 is 4.79. The van der Waals surface area contributed by atoms with E-state index >= 15 is 0 Å². The van der Waals surface area contributed by atoms with Crippen molar-refractivity contribution in [3.63, 3.8) is 0 Å². The van der Waals surface area contributed by atoms with Gasteiger partial charge < -0.3 is 4.74 Å². The number of nitro benzene ring substituents is 1. The molecule has 0 aliphatic rings. The Balaban J connectivity index is 3.50. The molecule has 0 heterocycles. The normalized spacial score (nSPS) is 9.21. The molecule has 0 aliphatic carbocycles. The average Bonchev–Trinajstić information content (AvgIpc) is 2.15. The maximum atomic E-state index is 10.6. The standard InChI is InChI=1S/C8H6N2O3S/c1-13-7-3-6(14)2-5(4-9)8(7)10(11)12/h2-3,14H,1H3. The molecule has 0 N–H and O–H groups in total. The largest absolute Gasteiger partial charge is 0.490 e. The second kappa shape index (κ2) is 3.98. The molecule has 0 unspecified atom stereocenters. The van der Waals surface area contributed by atoms with Crippen LogP contribution in [0.2, 0.25) is 0 Å². The van der Waals surface area contributed by atoms with Crippen molar-refractivity contribution in [2.24, 2.45) is 0 Å². The van der Waals surface area contributed by atoms with Crippen molar-refractivity contribution in [3.05, 3.63) is 27.8 Å². The van der Waals surface area contributed by atoms with Gasteiger partial charge >= 0.3 is 5.69 Å². The van der Waals surface area contributed by atoms with Crippen molar-refractivity contribution in [1.82, 2.24) is 0 Å². The summed E-state index contributed by atoms with van der Waals surface area (Å²) in [6.07, 6.45) is 0. The lowest BCUT2D eigenvalue weighted by atomic mass is 10.2. The lowest BCUT2D eigenvalue weighted by molar-refractivity contribution is -0.386. The Labute approximate surface area is 85.5 Å². The van der Waals surface area contributed by atoms with E-state index in [2.05, 4.69) is 12.6 Å². The summed E-state index contributed by atoms with van der Waals surface area (Å²) in [6, 6.07) is 4.44. The highest BCUT2D eigenvalue weighted by molar-refractivity contribution is 7.80. The minimum atomic E-state index is -0.648. The van der Waals surface area contributed by atoms with Gasteiger partial charge in [0.1, 0.15) is 11.6 Å². The quantitative estimate of drug-likeness (QED) is 0.458. The van der Waals surface area contributed by atoms with Crippen LogP contribution in [-0.4, -0.2) is 12.0 Å². The second-order valence-electron chi connectivity index (χ2n) is 2.41. The summed E-state index contributed by atoms with van der Waals surface area (Å²) in [6.45, 7) is 0. The predicted octanol–water partition coefficient (Wildman–Crippen LogP) is 1.76. The fourth-order valence-electron chi connectivity index (χ4n) is 1.02. The summed E-state index contributed by atoms with van der Waals surface area (Å²) in [5.74, 6) is 0.0408. The smallest absolute Gasteiger partial charge is 0.328 e. The Morgan fingerprint density at radius 3 is 2.71 bits per heavy atom. The van der Waals surface area contributed by atoms with Crippen LogP contribution >= 0.6 is 12.6 Å². The SMILES string of the molecule is COc1cc(S)cc(C#N)c1[N+](=O)[O-]. The lowest BCUT2D eigenvalue weighted by Crippen LogP contribution is -1.97. The molecule has 0 bridgehead atoms. The summed E-state index contributed by atoms with van der Waals surface area (Å²) in [5.41, 5.74) is -0.382. The van der Waals surface area contributed by atoms with Crippen molar-refractivity contribution in [2.45, 2.75) is 4.90 Å². The third-order valence-corrected chi connectivity index (χ3v) is 1.84. The van der Waals surface area contributed by atoms with Gasteiger partial charge in [0.2, 0.25) is 0 Å². The van der Waals surface area contributed by atoms with Crippen LogP contribution in [0.3, 0.4) is 0 Å². The molecular formula is C8H6N2O3S. The van der Waals surface area contributed by atoms with Crippen LogP contribution in [0.1, 0.15) is 5.56 Å². The predicted molar refractivity (Wildman–Crippen MR) is 51.6 cm³/mol. The molecule has 1 aromatic carbocycles. The zero-order valence-electron chi connectivity index (χ0n) is 7.22. The zero-order chi connectivity index (χ0) is 10.7. The van der Waals surface area contributed by atoms with E-state index in [-0.39, 0.29) is 17.0 Å². The molecule has 6 heteroatoms. The van der Waals surface area contributed by atoms with Gasteiger partial charge in [0.15, 0.2) is 5.75 Å². The van der Waals surface area contributed by atoms with Gasteiger partial charge in [-0.25, -0.2) is 0 Å². The van der Waals surface area contributed by atoms with Crippen molar-refractivity contribution in [3.8, 4) is 11.8 Å². The van der Waals surface area contributed by atoms with Crippen molar-refractivity contribution in [1.29, 1.82) is 5.26 Å². The number of nitriles is 1. The van der Waals surface area contributed by atoms with Gasteiger partial charge in [0.05, 0.1) is 12.0 Å². The Morgan fingerprint density at radius 2 is 2.29 bits per heavy atom. The van der Waals surface area contributed by atoms with Crippen LogP contribution in [0.25, 0.3) is 0 Å². The first-order valence-corrected chi connectivity index (χ1v) is 4.00. The van der Waals surface area contributed by atoms with Crippen LogP contribution in [-0.2, 0) is 0 Å². The van der Waals surface area contributed by atoms with Gasteiger partial charge in [-0.15, -0.1) is 12.6 Å². The van der Waals surface area contributed by atoms with E-state index in [4.69, 9.17) is 10.00 Å². The molecule has 0 spiro atoms. The minimum Gasteiger partial charge on any atom is -0.490 e. The molecule has 0 aromatic heterocycles. The average molecular weight is 210 g/mol. The Bertz CT molecular complexity index is 425. The van der Waals surface area contributed by atoms with E-state index in [9.17, 15) is 10.1 Å². The van der Waals surface area contributed by atoms with Crippen LogP contribution in [0.15, 0.2) is 17.0 Å². The Morgan fingerprint density at radius 1 is 1.64 bits per heavy atom. The molecule has 14 heavy (non-hydrogen) atoms. The second-order valence-corrected chi connectivity index (χ2v) is 2.93. The molecule has 0 aliphatic heterocycles. The fourth-order valence-corrected chi connectivity index (χ4v) is 1.27. The highest BCUT2D eigenvalue weighted by Gasteiger charge is 2.21. The molecule has 0 amide bonds. The molecule has 72 valence electrons. The Hall–Kier alpha value is -1.74. The van der Waals surface area contributed by atoms with E-state index in [0.717, 1.165) is 0 Å². The van der Waals surface area contributed by atoms with E-state index in [1.54, 1.807) is 6.07 Å². The first-order valence-electron chi connectivity index (χ1n) is 3.55. The first kappa shape index (κ1) is 10.3. The van der Waals surface area contributed by atoms with Crippen LogP contribution < -0.4 is 4.74 Å². The molecule has 1 aromatic rings. The molecule has 0 radical (unpaired) electrons. The molecule has 0 saturated heterocycles. The van der Waals surface area contributed by atoms with Crippen LogP contribution in [0.4, 0.5) is 5.69 Å². The fraction of sp³-hybridized carbons (Fsp3) is 0.125. The monoisotopic (exact) mass is 210 g/mol. The number of benzene rings is 1. The Kier molecular flexibility index (Phi) is 2.94. The first-order chi connectivity index (χ1) is 6.60. The van der Waals surface area contributed by atoms with Crippen LogP contribution in [0, 0.1) is 21.4 Å². The molecule has 5 nitrogen and oxygen atoms in total. The number of ether oxygens (including phenoxy) is 1. The van der Waals surface area contributed by atoms with Gasteiger partial charge in [0, 0.05) is 11.0 Å². The molecule has 0 saturated carbocycles. The number of hydrogen-bond acceptors (Lipinski definition) is 5. The van der Waals surface area contributed by atoms with Crippen molar-refractivity contribution >= 4 is 18.3 Å². The maximum absolute atomic E-state index is 10.6. The topological polar surface area (TPSA) is 76.2 Å². The number of nitro groups is 1. The van der Waals surface area contributed by atoms with E-state index in [1.807, 2.05) is 0 Å². The minimum absolute atomic E-state index is 0.0408. The van der Waals surface area contributed by atoms with E-state index in [1.165, 1.54) is 19.2 Å². The summed E-state index contributed by atoms with van der Waals surface area (Å²) in [7, 11) is 1.30. The van der Waals surface area contributed by atoms with Gasteiger partial charge in [0.25, 0.3) is 0 Å². The lowest BCUT2D eigenvalue weighted by Gasteiger charge is -2.03. The highest BCUT2D eigenvalue weighted by Crippen LogP contribution is 2.32. The number of nitrogens with zero attached hydrogens (tertiary/aromatic N) is 2. The summed E-state index contributed by atoms with van der Waals surface area (Å²) >= 11 is 3.99. The summed E-state index contributed by atoms with van der Waals surface area (Å²) in [5, 5.41) is 19.3.